The van der Waals surface area contributed by atoms with Crippen LogP contribution in [0.4, 0.5) is 0 Å². The first-order valence-corrected chi connectivity index (χ1v) is 6.54. The monoisotopic (exact) mass is 298 g/mol. The maximum absolute atomic E-state index is 6.06. The van der Waals surface area contributed by atoms with E-state index < -0.39 is 0 Å². The maximum atomic E-state index is 6.06. The lowest BCUT2D eigenvalue weighted by Crippen LogP contribution is -2.36. The molecule has 0 aliphatic rings. The van der Waals surface area contributed by atoms with Crippen molar-refractivity contribution in [1.29, 1.82) is 0 Å². The molecule has 0 fully saturated rings. The van der Waals surface area contributed by atoms with Gasteiger partial charge in [-0.05, 0) is 24.4 Å². The van der Waals surface area contributed by atoms with Gasteiger partial charge in [0.1, 0.15) is 5.76 Å². The molecule has 2 aromatic rings. The van der Waals surface area contributed by atoms with E-state index in [2.05, 4.69) is 10.4 Å². The van der Waals surface area contributed by atoms with Gasteiger partial charge < -0.3 is 14.6 Å². The van der Waals surface area contributed by atoms with E-state index >= 15 is 0 Å². The van der Waals surface area contributed by atoms with E-state index in [0.29, 0.717) is 23.2 Å². The third-order valence-electron chi connectivity index (χ3n) is 2.74. The van der Waals surface area contributed by atoms with E-state index in [9.17, 15) is 0 Å². The average molecular weight is 299 g/mol. The number of hydrogen-bond acceptors (Lipinski definition) is 3. The minimum atomic E-state index is 0.565. The van der Waals surface area contributed by atoms with Crippen LogP contribution in [0.1, 0.15) is 11.5 Å². The Hall–Kier alpha value is -1.53. The van der Waals surface area contributed by atoms with Crippen molar-refractivity contribution in [3.8, 4) is 0 Å². The van der Waals surface area contributed by atoms with Gasteiger partial charge >= 0.3 is 0 Å². The molecule has 0 aliphatic heterocycles. The summed E-state index contributed by atoms with van der Waals surface area (Å²) in [6.45, 7) is 1.16. The van der Waals surface area contributed by atoms with Crippen LogP contribution < -0.4 is 5.32 Å². The predicted octanol–water partition coefficient (Wildman–Crippen LogP) is 2.17. The Bertz CT molecular complexity index is 533. The summed E-state index contributed by atoms with van der Waals surface area (Å²) in [6, 6.07) is 3.74. The number of nitrogens with zero attached hydrogens (tertiary/aromatic N) is 3. The first-order chi connectivity index (χ1) is 9.08. The average Bonchev–Trinajstić information content (AvgIpc) is 3.00. The maximum Gasteiger partial charge on any atom is 0.169 e. The molecule has 2 heterocycles. The fourth-order valence-corrected chi connectivity index (χ4v) is 1.98. The molecule has 1 N–H and O–H groups in total. The molecular weight excluding hydrogens is 284 g/mol. The van der Waals surface area contributed by atoms with Crippen LogP contribution in [0.3, 0.4) is 0 Å². The molecule has 0 amide bonds. The smallest absolute Gasteiger partial charge is 0.169 e. The first-order valence-electron chi connectivity index (χ1n) is 5.75. The van der Waals surface area contributed by atoms with Crippen LogP contribution in [0.5, 0.6) is 0 Å². The Kier molecular flexibility index (Phi) is 4.44. The highest BCUT2D eigenvalue weighted by molar-refractivity contribution is 7.80. The fraction of sp³-hybridized carbons (Fsp3) is 0.333. The van der Waals surface area contributed by atoms with E-state index in [-0.39, 0.29) is 0 Å². The van der Waals surface area contributed by atoms with Crippen molar-refractivity contribution in [2.24, 2.45) is 7.05 Å². The molecule has 0 saturated carbocycles. The molecule has 5 nitrogen and oxygen atoms in total. The van der Waals surface area contributed by atoms with Crippen LogP contribution in [0, 0.1) is 0 Å². The molecule has 19 heavy (non-hydrogen) atoms. The molecular formula is C12H15ClN4OS. The van der Waals surface area contributed by atoms with E-state index in [1.807, 2.05) is 31.1 Å². The number of aromatic nitrogens is 2. The van der Waals surface area contributed by atoms with E-state index in [1.54, 1.807) is 17.1 Å². The van der Waals surface area contributed by atoms with Crippen molar-refractivity contribution in [3.63, 3.8) is 0 Å². The molecule has 102 valence electrons. The lowest BCUT2D eigenvalue weighted by Gasteiger charge is -2.20. The Labute approximate surface area is 122 Å². The second-order valence-corrected chi connectivity index (χ2v) is 4.95. The van der Waals surface area contributed by atoms with Gasteiger partial charge in [-0.25, -0.2) is 0 Å². The van der Waals surface area contributed by atoms with E-state index in [0.717, 1.165) is 11.5 Å². The molecule has 0 aromatic carbocycles. The SMILES string of the molecule is CN(Cc1c(Cl)cnn1C)C(=S)NCc1ccco1. The largest absolute Gasteiger partial charge is 0.467 e. The standard InChI is InChI=1S/C12H15ClN4OS/c1-16(8-11-10(13)7-15-17(11)2)12(19)14-6-9-4-3-5-18-9/h3-5,7H,6,8H2,1-2H3,(H,14,19). The molecule has 0 atom stereocenters. The quantitative estimate of drug-likeness (QED) is 0.877. The highest BCUT2D eigenvalue weighted by Crippen LogP contribution is 2.15. The van der Waals surface area contributed by atoms with Crippen molar-refractivity contribution in [1.82, 2.24) is 20.0 Å². The summed E-state index contributed by atoms with van der Waals surface area (Å²) in [4.78, 5) is 1.90. The zero-order valence-corrected chi connectivity index (χ0v) is 12.3. The second kappa shape index (κ2) is 6.08. The minimum Gasteiger partial charge on any atom is -0.467 e. The number of furan rings is 1. The summed E-state index contributed by atoms with van der Waals surface area (Å²) in [5.74, 6) is 0.842. The van der Waals surface area contributed by atoms with Gasteiger partial charge in [-0.1, -0.05) is 11.6 Å². The molecule has 0 aliphatic carbocycles. The number of halogens is 1. The lowest BCUT2D eigenvalue weighted by molar-refractivity contribution is 0.454. The summed E-state index contributed by atoms with van der Waals surface area (Å²) >= 11 is 11.4. The summed E-state index contributed by atoms with van der Waals surface area (Å²) in [5.41, 5.74) is 0.923. The molecule has 0 bridgehead atoms. The molecule has 2 aromatic heterocycles. The predicted molar refractivity (Wildman–Crippen MR) is 77.8 cm³/mol. The zero-order chi connectivity index (χ0) is 13.8. The number of aryl methyl sites for hydroxylation is 1. The molecule has 7 heteroatoms. The van der Waals surface area contributed by atoms with Crippen molar-refractivity contribution in [3.05, 3.63) is 41.1 Å². The third-order valence-corrected chi connectivity index (χ3v) is 3.51. The van der Waals surface area contributed by atoms with Crippen LogP contribution in [0.2, 0.25) is 5.02 Å². The highest BCUT2D eigenvalue weighted by Gasteiger charge is 2.11. The van der Waals surface area contributed by atoms with Crippen LogP contribution in [-0.2, 0) is 20.1 Å². The van der Waals surface area contributed by atoms with E-state index in [1.165, 1.54) is 0 Å². The van der Waals surface area contributed by atoms with Gasteiger partial charge in [-0.15, -0.1) is 0 Å². The Morgan fingerprint density at radius 3 is 3.00 bits per heavy atom. The van der Waals surface area contributed by atoms with Crippen molar-refractivity contribution >= 4 is 28.9 Å². The molecule has 0 spiro atoms. The minimum absolute atomic E-state index is 0.565. The van der Waals surface area contributed by atoms with Crippen LogP contribution in [0.25, 0.3) is 0 Å². The topological polar surface area (TPSA) is 46.2 Å². The van der Waals surface area contributed by atoms with Crippen molar-refractivity contribution in [2.45, 2.75) is 13.1 Å². The van der Waals surface area contributed by atoms with Gasteiger partial charge in [0.2, 0.25) is 0 Å². The number of thiocarbonyl (C=S) groups is 1. The van der Waals surface area contributed by atoms with Crippen molar-refractivity contribution in [2.75, 3.05) is 7.05 Å². The van der Waals surface area contributed by atoms with Crippen LogP contribution >= 0.6 is 23.8 Å². The Morgan fingerprint density at radius 1 is 1.63 bits per heavy atom. The highest BCUT2D eigenvalue weighted by atomic mass is 35.5. The van der Waals surface area contributed by atoms with Gasteiger partial charge in [0.15, 0.2) is 5.11 Å². The second-order valence-electron chi connectivity index (χ2n) is 4.16. The van der Waals surface area contributed by atoms with Gasteiger partial charge in [0.25, 0.3) is 0 Å². The Balaban J connectivity index is 1.89. The zero-order valence-electron chi connectivity index (χ0n) is 10.8. The van der Waals surface area contributed by atoms with Crippen LogP contribution in [-0.4, -0.2) is 26.8 Å². The normalized spacial score (nSPS) is 10.5. The van der Waals surface area contributed by atoms with E-state index in [4.69, 9.17) is 28.2 Å². The number of rotatable bonds is 4. The lowest BCUT2D eigenvalue weighted by atomic mass is 10.4. The summed E-state index contributed by atoms with van der Waals surface area (Å²) in [5, 5.41) is 8.50. The Morgan fingerprint density at radius 2 is 2.42 bits per heavy atom. The summed E-state index contributed by atoms with van der Waals surface area (Å²) < 4.78 is 6.98. The fourth-order valence-electron chi connectivity index (χ4n) is 1.62. The van der Waals surface area contributed by atoms with Crippen LogP contribution in [0.15, 0.2) is 29.0 Å². The van der Waals surface area contributed by atoms with Gasteiger partial charge in [-0.3, -0.25) is 4.68 Å². The van der Waals surface area contributed by atoms with Gasteiger partial charge in [0, 0.05) is 14.1 Å². The molecule has 0 saturated heterocycles. The van der Waals surface area contributed by atoms with Gasteiger partial charge in [0.05, 0.1) is 36.3 Å². The first kappa shape index (κ1) is 13.9. The van der Waals surface area contributed by atoms with Crippen molar-refractivity contribution < 1.29 is 4.42 Å². The summed E-state index contributed by atoms with van der Waals surface area (Å²) in [7, 11) is 3.76. The third kappa shape index (κ3) is 3.48. The molecule has 0 radical (unpaired) electrons. The molecule has 0 unspecified atom stereocenters. The molecule has 2 rings (SSSR count). The number of nitrogens with one attached hydrogen (secondary N) is 1. The summed E-state index contributed by atoms with van der Waals surface area (Å²) in [6.07, 6.45) is 3.27. The number of hydrogen-bond donors (Lipinski definition) is 1. The van der Waals surface area contributed by atoms with Gasteiger partial charge in [-0.2, -0.15) is 5.10 Å².